The number of hydrazine groups is 3. The summed E-state index contributed by atoms with van der Waals surface area (Å²) in [6.45, 7) is 1.12. The van der Waals surface area contributed by atoms with Crippen molar-refractivity contribution in [2.75, 3.05) is 20.0 Å². The summed E-state index contributed by atoms with van der Waals surface area (Å²) >= 11 is -6.06. The van der Waals surface area contributed by atoms with Crippen LogP contribution in [0, 0.1) is 0 Å². The van der Waals surface area contributed by atoms with Crippen LogP contribution in [0.15, 0.2) is 0 Å². The summed E-state index contributed by atoms with van der Waals surface area (Å²) in [5.41, 5.74) is 8.92. The van der Waals surface area contributed by atoms with Crippen LogP contribution in [0.25, 0.3) is 0 Å². The second-order valence-corrected chi connectivity index (χ2v) is 61.0. The minimum atomic E-state index is -2.02. The van der Waals surface area contributed by atoms with E-state index in [1.165, 1.54) is 0 Å². The molecule has 0 aliphatic carbocycles. The van der Waals surface area contributed by atoms with E-state index in [9.17, 15) is 14.4 Å². The fourth-order valence-electron chi connectivity index (χ4n) is 3.13. The van der Waals surface area contributed by atoms with E-state index in [1.54, 1.807) is 15.0 Å². The molecule has 0 atom stereocenters. The maximum atomic E-state index is 12.5. The molecule has 1 saturated heterocycles. The van der Waals surface area contributed by atoms with Crippen LogP contribution < -0.4 is 16.3 Å². The average Bonchev–Trinajstić information content (AvgIpc) is 2.61. The van der Waals surface area contributed by atoms with Crippen molar-refractivity contribution < 1.29 is 14.4 Å². The number of hydrogen-bond acceptors (Lipinski definition) is 6. The van der Waals surface area contributed by atoms with E-state index in [2.05, 4.69) is 60.7 Å². The molecule has 0 spiro atoms. The molecule has 0 saturated carbocycles. The Hall–Kier alpha value is 0.686. The first-order valence-corrected chi connectivity index (χ1v) is 43.8. The molecule has 1 heterocycles. The predicted octanol–water partition coefficient (Wildman–Crippen LogP) is 3.06. The van der Waals surface area contributed by atoms with Crippen molar-refractivity contribution in [1.82, 2.24) is 31.3 Å². The van der Waals surface area contributed by atoms with Gasteiger partial charge in [0.25, 0.3) is 0 Å². The van der Waals surface area contributed by atoms with Crippen molar-refractivity contribution in [3.05, 3.63) is 0 Å². The van der Waals surface area contributed by atoms with Crippen molar-refractivity contribution >= 4 is 72.9 Å². The van der Waals surface area contributed by atoms with Gasteiger partial charge in [-0.3, -0.25) is 0 Å². The number of nitrogens with zero attached hydrogens (tertiary/aromatic N) is 3. The van der Waals surface area contributed by atoms with Gasteiger partial charge in [-0.2, -0.15) is 0 Å². The van der Waals surface area contributed by atoms with Gasteiger partial charge in [-0.25, -0.2) is 0 Å². The van der Waals surface area contributed by atoms with Crippen molar-refractivity contribution in [2.24, 2.45) is 0 Å². The molecule has 192 valence electrons. The molecule has 0 unspecified atom stereocenters. The average molecular weight is 789 g/mol. The SMILES string of the molecule is [CH3][Sn]([CH3])([CH3])[CH2]CC(=O)NN1CN(NC(=O)C[CH2][Sn]([CH3])([CH3])[CH3])CN(NC(=O)C[CH2][Sn]([CH3])([CH3])[CH3])C1. The van der Waals surface area contributed by atoms with Crippen LogP contribution >= 0.6 is 0 Å². The Balaban J connectivity index is 2.74. The zero-order valence-electron chi connectivity index (χ0n) is 22.4. The van der Waals surface area contributed by atoms with Gasteiger partial charge in [-0.15, -0.1) is 0 Å². The van der Waals surface area contributed by atoms with Crippen LogP contribution in [-0.2, 0) is 14.4 Å². The van der Waals surface area contributed by atoms with Crippen LogP contribution in [0.1, 0.15) is 19.3 Å². The summed E-state index contributed by atoms with van der Waals surface area (Å²) in [5.74, 6) is -0.0286. The molecule has 12 heteroatoms. The molecule has 1 aliphatic heterocycles. The Morgan fingerprint density at radius 2 is 0.727 bits per heavy atom. The number of nitrogens with one attached hydrogen (secondary N) is 3. The Morgan fingerprint density at radius 3 is 0.909 bits per heavy atom. The fourth-order valence-corrected chi connectivity index (χ4v) is 11.5. The number of hydrogen-bond donors (Lipinski definition) is 3. The van der Waals surface area contributed by atoms with Crippen molar-refractivity contribution in [2.45, 2.75) is 77.0 Å². The molecule has 1 fully saturated rings. The first-order chi connectivity index (χ1) is 14.9. The van der Waals surface area contributed by atoms with E-state index in [1.807, 2.05) is 0 Å². The maximum absolute atomic E-state index is 12.5. The second-order valence-electron chi connectivity index (χ2n) is 12.8. The fraction of sp³-hybridized carbons (Fsp3) is 0.857. The number of amides is 3. The molecule has 0 aromatic rings. The van der Waals surface area contributed by atoms with Gasteiger partial charge in [0.05, 0.1) is 0 Å². The molecule has 9 nitrogen and oxygen atoms in total. The molecule has 3 amide bonds. The van der Waals surface area contributed by atoms with E-state index >= 15 is 0 Å². The normalized spacial score (nSPS) is 17.0. The third kappa shape index (κ3) is 16.9. The Kier molecular flexibility index (Phi) is 13.3. The second kappa shape index (κ2) is 13.8. The van der Waals surface area contributed by atoms with E-state index in [-0.39, 0.29) is 17.7 Å². The summed E-state index contributed by atoms with van der Waals surface area (Å²) in [6.07, 6.45) is 1.56. The van der Waals surface area contributed by atoms with Gasteiger partial charge < -0.3 is 0 Å². The van der Waals surface area contributed by atoms with Gasteiger partial charge in [0.1, 0.15) is 0 Å². The molecule has 33 heavy (non-hydrogen) atoms. The zero-order chi connectivity index (χ0) is 25.4. The van der Waals surface area contributed by atoms with Crippen LogP contribution in [0.5, 0.6) is 0 Å². The van der Waals surface area contributed by atoms with E-state index in [0.717, 1.165) is 13.3 Å². The summed E-state index contributed by atoms with van der Waals surface area (Å²) in [5, 5.41) is 5.28. The van der Waals surface area contributed by atoms with E-state index < -0.39 is 55.1 Å². The van der Waals surface area contributed by atoms with E-state index in [4.69, 9.17) is 0 Å². The van der Waals surface area contributed by atoms with Crippen molar-refractivity contribution in [3.63, 3.8) is 0 Å². The quantitative estimate of drug-likeness (QED) is 0.264. The van der Waals surface area contributed by atoms with Gasteiger partial charge in [-0.1, -0.05) is 0 Å². The van der Waals surface area contributed by atoms with Crippen LogP contribution in [0.3, 0.4) is 0 Å². The third-order valence-electron chi connectivity index (χ3n) is 5.18. The molecule has 0 radical (unpaired) electrons. The summed E-state index contributed by atoms with van der Waals surface area (Å²) in [4.78, 5) is 58.5. The summed E-state index contributed by atoms with van der Waals surface area (Å²) in [6, 6.07) is 0. The predicted molar refractivity (Wildman–Crippen MR) is 143 cm³/mol. The van der Waals surface area contributed by atoms with Crippen LogP contribution in [0.2, 0.25) is 57.8 Å². The molecule has 0 bridgehead atoms. The van der Waals surface area contributed by atoms with Gasteiger partial charge in [0.2, 0.25) is 0 Å². The first kappa shape index (κ1) is 31.7. The number of carbonyl (C=O) groups excluding carboxylic acids is 3. The van der Waals surface area contributed by atoms with Gasteiger partial charge in [0.15, 0.2) is 0 Å². The van der Waals surface area contributed by atoms with E-state index in [0.29, 0.717) is 39.3 Å². The first-order valence-electron chi connectivity index (χ1n) is 12.1. The van der Waals surface area contributed by atoms with Gasteiger partial charge in [0, 0.05) is 0 Å². The monoisotopic (exact) mass is 792 g/mol. The summed E-state index contributed by atoms with van der Waals surface area (Å²) < 4.78 is 2.98. The molecule has 1 rings (SSSR count). The number of carbonyl (C=O) groups is 3. The third-order valence-corrected chi connectivity index (χ3v) is 20.2. The van der Waals surface area contributed by atoms with Gasteiger partial charge >= 0.3 is 216 Å². The molecule has 0 aromatic heterocycles. The van der Waals surface area contributed by atoms with Gasteiger partial charge in [-0.05, 0) is 0 Å². The molecule has 1 aliphatic rings. The molecular weight excluding hydrogens is 740 g/mol. The standard InChI is InChI=1S/C12H21N6O3.9CH3.3Sn/c1-4-10(19)13-16-7-17(14-11(20)5-2)9-18(8-16)15-12(21)6-3;;;;;;;;;;;;/h1-9H2,(H,13,19)(H,14,20)(H,15,21);9*1H3;;;. The van der Waals surface area contributed by atoms with Crippen molar-refractivity contribution in [3.8, 4) is 0 Å². The molecular formula is C21H48N6O3Sn3. The Bertz CT molecular complexity index is 577. The van der Waals surface area contributed by atoms with Crippen LogP contribution in [-0.4, -0.2) is 108 Å². The molecule has 3 N–H and O–H groups in total. The number of rotatable bonds is 12. The van der Waals surface area contributed by atoms with Crippen molar-refractivity contribution in [1.29, 1.82) is 0 Å². The van der Waals surface area contributed by atoms with Crippen LogP contribution in [0.4, 0.5) is 0 Å². The Morgan fingerprint density at radius 1 is 0.515 bits per heavy atom. The molecule has 0 aromatic carbocycles. The minimum absolute atomic E-state index is 0.00955. The summed E-state index contributed by atoms with van der Waals surface area (Å²) in [7, 11) is 0. The topological polar surface area (TPSA) is 97.0 Å². The Labute approximate surface area is 213 Å². The zero-order valence-corrected chi connectivity index (χ0v) is 31.0.